The van der Waals surface area contributed by atoms with E-state index in [9.17, 15) is 19.5 Å². The molecule has 9 N–H and O–H groups in total. The van der Waals surface area contributed by atoms with Crippen molar-refractivity contribution in [1.29, 1.82) is 0 Å². The summed E-state index contributed by atoms with van der Waals surface area (Å²) < 4.78 is 0. The van der Waals surface area contributed by atoms with E-state index in [2.05, 4.69) is 12.2 Å². The van der Waals surface area contributed by atoms with E-state index in [1.807, 2.05) is 0 Å². The maximum atomic E-state index is 11.9. The summed E-state index contributed by atoms with van der Waals surface area (Å²) in [5.41, 5.74) is 20.9. The van der Waals surface area contributed by atoms with Gasteiger partial charge in [0.1, 0.15) is 0 Å². The van der Waals surface area contributed by atoms with Gasteiger partial charge in [0.15, 0.2) is 0 Å². The van der Waals surface area contributed by atoms with E-state index in [0.29, 0.717) is 38.8 Å². The number of nitrogens with two attached hydrogens (primary N) is 4. The van der Waals surface area contributed by atoms with E-state index >= 15 is 0 Å². The van der Waals surface area contributed by atoms with Crippen molar-refractivity contribution in [2.24, 2.45) is 22.9 Å². The van der Waals surface area contributed by atoms with Gasteiger partial charge in [0.2, 0.25) is 11.8 Å². The fourth-order valence-corrected chi connectivity index (χ4v) is 3.96. The maximum Gasteiger partial charge on any atom is 1.00 e. The predicted molar refractivity (Wildman–Crippen MR) is 165 cm³/mol. The molecule has 9 nitrogen and oxygen atoms in total. The molecule has 0 bridgehead atoms. The molecule has 0 saturated heterocycles. The van der Waals surface area contributed by atoms with Crippen molar-refractivity contribution in [3.05, 3.63) is 0 Å². The Morgan fingerprint density at radius 2 is 1.07 bits per heavy atom. The molecule has 0 aromatic rings. The normalized spacial score (nSPS) is 11.4. The third kappa shape index (κ3) is 37.9. The van der Waals surface area contributed by atoms with Crippen LogP contribution in [0.5, 0.6) is 0 Å². The number of aliphatic carboxylic acids is 1. The van der Waals surface area contributed by atoms with Gasteiger partial charge in [0.25, 0.3) is 0 Å². The number of halogens is 2. The molecule has 236 valence electrons. The molecule has 0 aliphatic carbocycles. The van der Waals surface area contributed by atoms with Gasteiger partial charge in [0, 0.05) is 6.42 Å². The molecular formula is C28H60Cl2N5NaO4. The first-order chi connectivity index (χ1) is 17.8. The molecule has 0 fully saturated rings. The Kier molecular flexibility index (Phi) is 48.1. The molecule has 0 unspecified atom stereocenters. The number of nitrogens with one attached hydrogen (secondary N) is 1. The van der Waals surface area contributed by atoms with Crippen LogP contribution in [0, 0.1) is 0 Å². The van der Waals surface area contributed by atoms with Gasteiger partial charge in [0.05, 0.1) is 18.1 Å². The second-order valence-corrected chi connectivity index (χ2v) is 10.0. The van der Waals surface area contributed by atoms with Crippen LogP contribution in [0.25, 0.3) is 0 Å². The van der Waals surface area contributed by atoms with E-state index in [4.69, 9.17) is 22.9 Å². The van der Waals surface area contributed by atoms with Gasteiger partial charge in [-0.1, -0.05) is 90.4 Å². The number of carboxylic acid groups (broad SMARTS) is 1. The van der Waals surface area contributed by atoms with Gasteiger partial charge >= 0.3 is 29.6 Å². The molecule has 0 aromatic carbocycles. The van der Waals surface area contributed by atoms with Crippen LogP contribution >= 0.6 is 24.8 Å². The van der Waals surface area contributed by atoms with Crippen molar-refractivity contribution in [2.75, 3.05) is 13.1 Å². The summed E-state index contributed by atoms with van der Waals surface area (Å²) in [6.07, 6.45) is 21.1. The van der Waals surface area contributed by atoms with Crippen molar-refractivity contribution < 1.29 is 49.0 Å². The third-order valence-corrected chi connectivity index (χ3v) is 6.41. The first-order valence-corrected chi connectivity index (χ1v) is 14.7. The average Bonchev–Trinajstić information content (AvgIpc) is 2.86. The Bertz CT molecular complexity index is 567. The van der Waals surface area contributed by atoms with Crippen LogP contribution in [-0.4, -0.2) is 43.0 Å². The molecule has 0 aromatic heterocycles. The number of primary amides is 1. The smallest absolute Gasteiger partial charge is 0.548 e. The van der Waals surface area contributed by atoms with E-state index in [1.54, 1.807) is 0 Å². The number of rotatable bonds is 25. The fourth-order valence-electron chi connectivity index (χ4n) is 3.96. The Morgan fingerprint density at radius 1 is 0.675 bits per heavy atom. The van der Waals surface area contributed by atoms with E-state index in [1.165, 1.54) is 64.2 Å². The minimum atomic E-state index is -1.20. The summed E-state index contributed by atoms with van der Waals surface area (Å²) in [5, 5.41) is 13.6. The summed E-state index contributed by atoms with van der Waals surface area (Å²) >= 11 is 0. The molecular weight excluding hydrogens is 564 g/mol. The predicted octanol–water partition coefficient (Wildman–Crippen LogP) is 0.607. The maximum absolute atomic E-state index is 11.9. The molecule has 2 amide bonds. The number of amides is 2. The zero-order valence-electron chi connectivity index (χ0n) is 25.5. The number of carboxylic acids is 1. The quantitative estimate of drug-likeness (QED) is 0.0726. The zero-order valence-corrected chi connectivity index (χ0v) is 29.1. The van der Waals surface area contributed by atoms with Crippen molar-refractivity contribution in [3.8, 4) is 0 Å². The molecule has 12 heteroatoms. The number of carbonyl (C=O) groups excluding carboxylic acids is 3. The zero-order chi connectivity index (χ0) is 28.2. The molecule has 40 heavy (non-hydrogen) atoms. The fraction of sp³-hybridized carbons (Fsp3) is 0.893. The summed E-state index contributed by atoms with van der Waals surface area (Å²) in [6.45, 7) is 3.43. The van der Waals surface area contributed by atoms with Crippen molar-refractivity contribution >= 4 is 42.6 Å². The standard InChI is InChI=1S/C22H44N2O3.C6H15N3O.2ClH.Na/c1-2-3-4-5-6-7-8-9-10-11-12-13-14-18-21(25)24-20(22(26)27)17-15-16-19-23;7-4-2-1-3-5(8)6(9)10;;;/h20H,2-19,23H2,1H3,(H,24,25)(H,26,27);5H,1-4,7-8H2,(H2,9,10);2*1H;/q;;;;+1/p-1/t20-;5-;;;/m00.../s1. The van der Waals surface area contributed by atoms with E-state index in [-0.39, 0.29) is 60.3 Å². The van der Waals surface area contributed by atoms with Crippen LogP contribution in [0.1, 0.15) is 135 Å². The first kappa shape index (κ1) is 49.5. The summed E-state index contributed by atoms with van der Waals surface area (Å²) in [4.78, 5) is 33.3. The minimum Gasteiger partial charge on any atom is -0.548 e. The van der Waals surface area contributed by atoms with Crippen LogP contribution in [0.3, 0.4) is 0 Å². The second-order valence-electron chi connectivity index (χ2n) is 10.0. The molecule has 0 radical (unpaired) electrons. The number of hydrogen-bond acceptors (Lipinski definition) is 7. The summed E-state index contributed by atoms with van der Waals surface area (Å²) in [7, 11) is 0. The molecule has 0 saturated carbocycles. The SMILES string of the molecule is CCCCCCCCCCCCCCCC(=O)N[C@@H](CCCCN)C(=O)[O-].Cl.Cl.NCCCC[C@H](N)C(N)=O.[Na+]. The van der Waals surface area contributed by atoms with Crippen molar-refractivity contribution in [3.63, 3.8) is 0 Å². The minimum absolute atomic E-state index is 0. The number of unbranched alkanes of at least 4 members (excludes halogenated alkanes) is 14. The monoisotopic (exact) mass is 623 g/mol. The van der Waals surface area contributed by atoms with E-state index < -0.39 is 24.0 Å². The Morgan fingerprint density at radius 3 is 1.45 bits per heavy atom. The molecule has 0 aliphatic rings. The van der Waals surface area contributed by atoms with Crippen molar-refractivity contribution in [2.45, 2.75) is 147 Å². The van der Waals surface area contributed by atoms with Gasteiger partial charge in [-0.15, -0.1) is 24.8 Å². The Balaban J connectivity index is -0.000000268. The third-order valence-electron chi connectivity index (χ3n) is 6.41. The molecule has 0 heterocycles. The van der Waals surface area contributed by atoms with Crippen LogP contribution in [0.15, 0.2) is 0 Å². The van der Waals surface area contributed by atoms with Gasteiger partial charge in [-0.3, -0.25) is 9.59 Å². The summed E-state index contributed by atoms with van der Waals surface area (Å²) in [6, 6.07) is -1.38. The van der Waals surface area contributed by atoms with E-state index in [0.717, 1.165) is 38.5 Å². The van der Waals surface area contributed by atoms with Crippen molar-refractivity contribution in [1.82, 2.24) is 5.32 Å². The molecule has 0 rings (SSSR count). The van der Waals surface area contributed by atoms with Crippen LogP contribution < -0.4 is 62.9 Å². The van der Waals surface area contributed by atoms with Gasteiger partial charge < -0.3 is 38.2 Å². The number of carbonyl (C=O) groups is 3. The largest absolute Gasteiger partial charge is 1.00 e. The molecule has 0 aliphatic heterocycles. The van der Waals surface area contributed by atoms with Crippen LogP contribution in [0.4, 0.5) is 0 Å². The molecule has 2 atom stereocenters. The van der Waals surface area contributed by atoms with Crippen LogP contribution in [-0.2, 0) is 14.4 Å². The Hall–Kier alpha value is -0.130. The second kappa shape index (κ2) is 38.9. The van der Waals surface area contributed by atoms with Gasteiger partial charge in [-0.2, -0.15) is 0 Å². The first-order valence-electron chi connectivity index (χ1n) is 14.7. The van der Waals surface area contributed by atoms with Gasteiger partial charge in [-0.05, 0) is 51.6 Å². The molecule has 0 spiro atoms. The van der Waals surface area contributed by atoms with Crippen LogP contribution in [0.2, 0.25) is 0 Å². The topological polar surface area (TPSA) is 190 Å². The Labute approximate surface area is 279 Å². The summed E-state index contributed by atoms with van der Waals surface area (Å²) in [5.74, 6) is -1.82. The number of hydrogen-bond donors (Lipinski definition) is 5. The average molecular weight is 625 g/mol. The van der Waals surface area contributed by atoms with Gasteiger partial charge in [-0.25, -0.2) is 0 Å².